The quantitative estimate of drug-likeness (QED) is 0.446. The van der Waals surface area contributed by atoms with Gasteiger partial charge >= 0.3 is 0 Å². The first-order valence-electron chi connectivity index (χ1n) is 10.9. The van der Waals surface area contributed by atoms with Crippen LogP contribution in [0.2, 0.25) is 0 Å². The number of ether oxygens (including phenoxy) is 1. The van der Waals surface area contributed by atoms with Crippen molar-refractivity contribution in [2.24, 2.45) is 5.92 Å². The molecule has 0 aromatic heterocycles. The number of unbranched alkanes of at least 4 members (excludes halogenated alkanes) is 1. The smallest absolute Gasteiger partial charge is 0.162 e. The van der Waals surface area contributed by atoms with Crippen molar-refractivity contribution in [2.45, 2.75) is 71.1 Å². The molecule has 0 saturated heterocycles. The summed E-state index contributed by atoms with van der Waals surface area (Å²) in [6.45, 7) is 4.50. The second-order valence-electron chi connectivity index (χ2n) is 8.18. The van der Waals surface area contributed by atoms with Crippen LogP contribution in [0.1, 0.15) is 75.0 Å². The third-order valence-electron chi connectivity index (χ3n) is 6.17. The van der Waals surface area contributed by atoms with Crippen LogP contribution in [0.15, 0.2) is 30.3 Å². The van der Waals surface area contributed by atoms with E-state index in [1.807, 2.05) is 19.9 Å². The maximum absolute atomic E-state index is 14.6. The molecule has 158 valence electrons. The van der Waals surface area contributed by atoms with E-state index in [1.165, 1.54) is 6.07 Å². The average molecular weight is 405 g/mol. The van der Waals surface area contributed by atoms with E-state index in [0.29, 0.717) is 47.8 Å². The average Bonchev–Trinajstić information content (AvgIpc) is 2.74. The van der Waals surface area contributed by atoms with Crippen LogP contribution in [0.3, 0.4) is 0 Å². The van der Waals surface area contributed by atoms with Crippen LogP contribution in [-0.4, -0.2) is 6.61 Å². The van der Waals surface area contributed by atoms with Gasteiger partial charge in [0.1, 0.15) is 11.6 Å². The van der Waals surface area contributed by atoms with Crippen molar-refractivity contribution < 1.29 is 17.9 Å². The van der Waals surface area contributed by atoms with Gasteiger partial charge in [0.05, 0.1) is 6.61 Å². The normalized spacial score (nSPS) is 19.3. The zero-order valence-electron chi connectivity index (χ0n) is 17.4. The van der Waals surface area contributed by atoms with E-state index in [4.69, 9.17) is 4.74 Å². The highest BCUT2D eigenvalue weighted by atomic mass is 19.2. The largest absolute Gasteiger partial charge is 0.493 e. The molecule has 1 saturated carbocycles. The monoisotopic (exact) mass is 404 g/mol. The summed E-state index contributed by atoms with van der Waals surface area (Å²) in [6.07, 6.45) is 6.52. The molecule has 1 aliphatic rings. The highest BCUT2D eigenvalue weighted by molar-refractivity contribution is 5.30. The minimum absolute atomic E-state index is 0.0576. The van der Waals surface area contributed by atoms with E-state index in [1.54, 1.807) is 18.2 Å². The van der Waals surface area contributed by atoms with Gasteiger partial charge in [-0.25, -0.2) is 13.2 Å². The molecular weight excluding hydrogens is 373 g/mol. The molecule has 1 nitrogen and oxygen atoms in total. The van der Waals surface area contributed by atoms with Gasteiger partial charge in [0, 0.05) is 6.07 Å². The number of rotatable bonds is 8. The standard InChI is InChI=1S/C25H31F3O/c1-3-5-6-20-12-14-22(25(28)24(20)27)19-9-7-17(8-10-19)16-29-21-13-11-18(4-2)23(26)15-21/h11-15,17,19H,3-10,16H2,1-2H3. The zero-order valence-corrected chi connectivity index (χ0v) is 17.4. The predicted molar refractivity (Wildman–Crippen MR) is 111 cm³/mol. The summed E-state index contributed by atoms with van der Waals surface area (Å²) in [5.41, 5.74) is 1.68. The fraction of sp³-hybridized carbons (Fsp3) is 0.520. The Labute approximate surface area is 172 Å². The first-order chi connectivity index (χ1) is 14.0. The zero-order chi connectivity index (χ0) is 20.8. The lowest BCUT2D eigenvalue weighted by molar-refractivity contribution is 0.198. The van der Waals surface area contributed by atoms with E-state index in [2.05, 4.69) is 0 Å². The molecule has 0 atom stereocenters. The molecule has 1 aliphatic carbocycles. The van der Waals surface area contributed by atoms with Crippen LogP contribution in [-0.2, 0) is 12.8 Å². The molecule has 0 N–H and O–H groups in total. The Hall–Kier alpha value is -1.97. The van der Waals surface area contributed by atoms with Gasteiger partial charge in [-0.15, -0.1) is 0 Å². The molecule has 0 radical (unpaired) electrons. The highest BCUT2D eigenvalue weighted by Crippen LogP contribution is 2.38. The van der Waals surface area contributed by atoms with Gasteiger partial charge < -0.3 is 4.74 Å². The Morgan fingerprint density at radius 2 is 1.62 bits per heavy atom. The maximum Gasteiger partial charge on any atom is 0.162 e. The molecule has 0 amide bonds. The third-order valence-corrected chi connectivity index (χ3v) is 6.17. The van der Waals surface area contributed by atoms with Crippen molar-refractivity contribution in [1.29, 1.82) is 0 Å². The minimum Gasteiger partial charge on any atom is -0.493 e. The maximum atomic E-state index is 14.6. The number of benzene rings is 2. The van der Waals surface area contributed by atoms with Gasteiger partial charge in [-0.2, -0.15) is 0 Å². The lowest BCUT2D eigenvalue weighted by Crippen LogP contribution is -2.20. The van der Waals surface area contributed by atoms with Gasteiger partial charge in [0.15, 0.2) is 11.6 Å². The molecule has 2 aromatic carbocycles. The topological polar surface area (TPSA) is 9.23 Å². The first-order valence-corrected chi connectivity index (χ1v) is 10.9. The number of halogens is 3. The van der Waals surface area contributed by atoms with Gasteiger partial charge in [0.2, 0.25) is 0 Å². The first kappa shape index (κ1) is 21.7. The molecule has 29 heavy (non-hydrogen) atoms. The Kier molecular flexibility index (Phi) is 7.63. The SMILES string of the molecule is CCCCc1ccc(C2CCC(COc3ccc(CC)c(F)c3)CC2)c(F)c1F. The van der Waals surface area contributed by atoms with Crippen LogP contribution in [0.4, 0.5) is 13.2 Å². The van der Waals surface area contributed by atoms with Gasteiger partial charge in [-0.3, -0.25) is 0 Å². The Balaban J connectivity index is 1.54. The molecule has 0 spiro atoms. The number of hydrogen-bond donors (Lipinski definition) is 0. The Bertz CT molecular complexity index is 810. The third kappa shape index (κ3) is 5.34. The summed E-state index contributed by atoms with van der Waals surface area (Å²) in [6, 6.07) is 8.56. The van der Waals surface area contributed by atoms with Crippen LogP contribution in [0, 0.1) is 23.4 Å². The fourth-order valence-electron chi connectivity index (χ4n) is 4.24. The molecule has 0 aliphatic heterocycles. The van der Waals surface area contributed by atoms with Crippen molar-refractivity contribution in [2.75, 3.05) is 6.61 Å². The summed E-state index contributed by atoms with van der Waals surface area (Å²) in [5, 5.41) is 0. The number of aryl methyl sites for hydroxylation is 2. The fourth-order valence-corrected chi connectivity index (χ4v) is 4.24. The lowest BCUT2D eigenvalue weighted by Gasteiger charge is -2.29. The number of hydrogen-bond acceptors (Lipinski definition) is 1. The van der Waals surface area contributed by atoms with Crippen molar-refractivity contribution in [3.8, 4) is 5.75 Å². The van der Waals surface area contributed by atoms with E-state index in [9.17, 15) is 13.2 Å². The summed E-state index contributed by atoms with van der Waals surface area (Å²) in [7, 11) is 0. The van der Waals surface area contributed by atoms with E-state index < -0.39 is 11.6 Å². The molecule has 3 rings (SSSR count). The van der Waals surface area contributed by atoms with E-state index in [0.717, 1.165) is 38.5 Å². The van der Waals surface area contributed by atoms with E-state index >= 15 is 0 Å². The second-order valence-corrected chi connectivity index (χ2v) is 8.18. The van der Waals surface area contributed by atoms with Gasteiger partial charge in [0.25, 0.3) is 0 Å². The van der Waals surface area contributed by atoms with Gasteiger partial charge in [-0.1, -0.05) is 38.5 Å². The van der Waals surface area contributed by atoms with Crippen LogP contribution in [0.5, 0.6) is 5.75 Å². The van der Waals surface area contributed by atoms with Crippen LogP contribution >= 0.6 is 0 Å². The van der Waals surface area contributed by atoms with E-state index in [-0.39, 0.29) is 11.7 Å². The Morgan fingerprint density at radius 1 is 0.897 bits per heavy atom. The van der Waals surface area contributed by atoms with Crippen molar-refractivity contribution in [3.63, 3.8) is 0 Å². The van der Waals surface area contributed by atoms with Crippen molar-refractivity contribution in [3.05, 3.63) is 64.5 Å². The molecule has 2 aromatic rings. The lowest BCUT2D eigenvalue weighted by atomic mass is 9.78. The molecule has 0 heterocycles. The van der Waals surface area contributed by atoms with Gasteiger partial charge in [-0.05, 0) is 79.5 Å². The highest BCUT2D eigenvalue weighted by Gasteiger charge is 2.26. The van der Waals surface area contributed by atoms with Crippen LogP contribution in [0.25, 0.3) is 0 Å². The second kappa shape index (κ2) is 10.2. The Morgan fingerprint density at radius 3 is 2.28 bits per heavy atom. The van der Waals surface area contributed by atoms with Crippen LogP contribution < -0.4 is 4.74 Å². The summed E-state index contributed by atoms with van der Waals surface area (Å²) in [5.74, 6) is -0.589. The molecular formula is C25H31F3O. The molecule has 4 heteroatoms. The molecule has 1 fully saturated rings. The summed E-state index contributed by atoms with van der Waals surface area (Å²) in [4.78, 5) is 0. The summed E-state index contributed by atoms with van der Waals surface area (Å²) >= 11 is 0. The summed E-state index contributed by atoms with van der Waals surface area (Å²) < 4.78 is 48.7. The predicted octanol–water partition coefficient (Wildman–Crippen LogP) is 7.36. The minimum atomic E-state index is -0.668. The van der Waals surface area contributed by atoms with Crippen molar-refractivity contribution >= 4 is 0 Å². The molecule has 0 bridgehead atoms. The molecule has 0 unspecified atom stereocenters. The van der Waals surface area contributed by atoms with Crippen molar-refractivity contribution in [1.82, 2.24) is 0 Å².